The van der Waals surface area contributed by atoms with E-state index in [1.165, 1.54) is 4.31 Å². The van der Waals surface area contributed by atoms with Gasteiger partial charge in [0, 0.05) is 39.5 Å². The number of carbonyl (C=O) groups excluding carboxylic acids is 1. The second kappa shape index (κ2) is 10.5. The Hall–Kier alpha value is -2.75. The van der Waals surface area contributed by atoms with Crippen LogP contribution < -0.4 is 0 Å². The lowest BCUT2D eigenvalue weighted by Crippen LogP contribution is -2.46. The molecule has 4 rings (SSSR count). The van der Waals surface area contributed by atoms with Crippen molar-refractivity contribution in [2.75, 3.05) is 26.2 Å². The van der Waals surface area contributed by atoms with E-state index in [0.717, 1.165) is 16.9 Å². The van der Waals surface area contributed by atoms with Crippen LogP contribution in [0.4, 0.5) is 0 Å². The fourth-order valence-corrected chi connectivity index (χ4v) is 6.19. The van der Waals surface area contributed by atoms with E-state index in [-0.39, 0.29) is 23.0 Å². The minimum atomic E-state index is -3.56. The highest BCUT2D eigenvalue weighted by atomic mass is 32.2. The topological polar surface area (TPSA) is 84.7 Å². The number of sulfonamides is 1. The summed E-state index contributed by atoms with van der Waals surface area (Å²) in [4.78, 5) is 19.9. The Morgan fingerprint density at radius 3 is 2.51 bits per heavy atom. The van der Waals surface area contributed by atoms with Gasteiger partial charge >= 0.3 is 0 Å². The molecule has 1 aliphatic rings. The van der Waals surface area contributed by atoms with Crippen LogP contribution in [0.1, 0.15) is 44.7 Å². The van der Waals surface area contributed by atoms with Gasteiger partial charge in [0.1, 0.15) is 11.9 Å². The van der Waals surface area contributed by atoms with E-state index in [9.17, 15) is 13.2 Å². The van der Waals surface area contributed by atoms with E-state index >= 15 is 0 Å². The number of amides is 1. The quantitative estimate of drug-likeness (QED) is 0.474. The molecule has 9 heteroatoms. The number of aromatic nitrogens is 2. The zero-order valence-corrected chi connectivity index (χ0v) is 21.7. The molecule has 1 amide bonds. The monoisotopic (exact) mass is 498 g/mol. The van der Waals surface area contributed by atoms with Crippen LogP contribution in [0.3, 0.4) is 0 Å². The van der Waals surface area contributed by atoms with Gasteiger partial charge < -0.3 is 14.2 Å². The fraction of sp³-hybridized carbons (Fsp3) is 0.462. The van der Waals surface area contributed by atoms with Gasteiger partial charge in [-0.15, -0.1) is 0 Å². The highest BCUT2D eigenvalue weighted by molar-refractivity contribution is 7.89. The summed E-state index contributed by atoms with van der Waals surface area (Å²) in [5, 5.41) is 0. The summed E-state index contributed by atoms with van der Waals surface area (Å²) in [6.07, 6.45) is 0.630. The number of aryl methyl sites for hydroxylation is 2. The molecular weight excluding hydrogens is 464 g/mol. The van der Waals surface area contributed by atoms with E-state index in [0.29, 0.717) is 44.5 Å². The SMILES string of the molecule is CCN(CC)S(=O)(=O)c1ccc2c(c1)nc(CCC(=O)N1CC(C)OC(c3ccccc3)C1)n2C. The van der Waals surface area contributed by atoms with Gasteiger partial charge in [-0.05, 0) is 30.7 Å². The number of rotatable bonds is 8. The lowest BCUT2D eigenvalue weighted by Gasteiger charge is -2.37. The number of ether oxygens (including phenoxy) is 1. The number of hydrogen-bond donors (Lipinski definition) is 0. The highest BCUT2D eigenvalue weighted by Gasteiger charge is 2.29. The molecule has 0 bridgehead atoms. The molecule has 0 saturated carbocycles. The van der Waals surface area contributed by atoms with Crippen molar-refractivity contribution in [1.82, 2.24) is 18.8 Å². The molecule has 1 aromatic heterocycles. The van der Waals surface area contributed by atoms with Gasteiger partial charge in [0.2, 0.25) is 15.9 Å². The second-order valence-corrected chi connectivity index (χ2v) is 10.9. The van der Waals surface area contributed by atoms with Gasteiger partial charge in [-0.1, -0.05) is 44.2 Å². The first-order chi connectivity index (χ1) is 16.7. The fourth-order valence-electron chi connectivity index (χ4n) is 4.71. The zero-order valence-electron chi connectivity index (χ0n) is 20.8. The van der Waals surface area contributed by atoms with Crippen LogP contribution in [0, 0.1) is 0 Å². The van der Waals surface area contributed by atoms with E-state index in [1.807, 2.05) is 67.6 Å². The predicted molar refractivity (Wildman–Crippen MR) is 135 cm³/mol. The van der Waals surface area contributed by atoms with Crippen molar-refractivity contribution >= 4 is 27.0 Å². The standard InChI is InChI=1S/C26H34N4O4S/c1-5-30(6-2)35(32,33)21-12-13-23-22(16-21)27-25(28(23)4)14-15-26(31)29-17-19(3)34-24(18-29)20-10-8-7-9-11-20/h7-13,16,19,24H,5-6,14-15,17-18H2,1-4H3. The van der Waals surface area contributed by atoms with Crippen molar-refractivity contribution in [3.63, 3.8) is 0 Å². The number of morpholine rings is 1. The molecule has 0 spiro atoms. The van der Waals surface area contributed by atoms with Gasteiger partial charge in [0.15, 0.2) is 0 Å². The second-order valence-electron chi connectivity index (χ2n) is 8.97. The molecule has 2 heterocycles. The van der Waals surface area contributed by atoms with Crippen molar-refractivity contribution in [2.45, 2.75) is 50.7 Å². The van der Waals surface area contributed by atoms with E-state index in [2.05, 4.69) is 4.98 Å². The van der Waals surface area contributed by atoms with Crippen LogP contribution in [0.5, 0.6) is 0 Å². The number of hydrogen-bond acceptors (Lipinski definition) is 5. The molecule has 1 fully saturated rings. The Balaban J connectivity index is 1.48. The Morgan fingerprint density at radius 1 is 1.11 bits per heavy atom. The molecule has 3 aromatic rings. The number of benzene rings is 2. The molecule has 2 unspecified atom stereocenters. The molecular formula is C26H34N4O4S. The third-order valence-electron chi connectivity index (χ3n) is 6.63. The first-order valence-electron chi connectivity index (χ1n) is 12.2. The number of imidazole rings is 1. The van der Waals surface area contributed by atoms with Gasteiger partial charge in [0.25, 0.3) is 0 Å². The number of carbonyl (C=O) groups is 1. The summed E-state index contributed by atoms with van der Waals surface area (Å²) in [7, 11) is -1.66. The average Bonchev–Trinajstić information content (AvgIpc) is 3.18. The maximum Gasteiger partial charge on any atom is 0.243 e. The minimum absolute atomic E-state index is 0.0418. The molecule has 0 N–H and O–H groups in total. The van der Waals surface area contributed by atoms with Crippen LogP contribution in [0.15, 0.2) is 53.4 Å². The van der Waals surface area contributed by atoms with Crippen LogP contribution in [-0.2, 0) is 33.0 Å². The largest absolute Gasteiger partial charge is 0.367 e. The first-order valence-corrected chi connectivity index (χ1v) is 13.6. The van der Waals surface area contributed by atoms with Gasteiger partial charge in [0.05, 0.1) is 28.6 Å². The molecule has 0 aliphatic carbocycles. The van der Waals surface area contributed by atoms with E-state index in [1.54, 1.807) is 18.2 Å². The third-order valence-corrected chi connectivity index (χ3v) is 8.68. The Bertz CT molecular complexity index is 1290. The maximum absolute atomic E-state index is 13.1. The summed E-state index contributed by atoms with van der Waals surface area (Å²) in [5.41, 5.74) is 2.53. The van der Waals surface area contributed by atoms with Crippen LogP contribution in [0.2, 0.25) is 0 Å². The summed E-state index contributed by atoms with van der Waals surface area (Å²) >= 11 is 0. The Labute approximate surface area is 207 Å². The minimum Gasteiger partial charge on any atom is -0.367 e. The summed E-state index contributed by atoms with van der Waals surface area (Å²) in [6, 6.07) is 15.0. The van der Waals surface area contributed by atoms with Crippen molar-refractivity contribution in [2.24, 2.45) is 7.05 Å². The summed E-state index contributed by atoms with van der Waals surface area (Å²) in [6.45, 7) is 7.57. The first kappa shape index (κ1) is 25.3. The molecule has 0 radical (unpaired) electrons. The lowest BCUT2D eigenvalue weighted by molar-refractivity contribution is -0.144. The number of nitrogens with zero attached hydrogens (tertiary/aromatic N) is 4. The van der Waals surface area contributed by atoms with E-state index in [4.69, 9.17) is 4.74 Å². The molecule has 1 saturated heterocycles. The Morgan fingerprint density at radius 2 is 1.83 bits per heavy atom. The Kier molecular flexibility index (Phi) is 7.59. The highest BCUT2D eigenvalue weighted by Crippen LogP contribution is 2.26. The molecule has 35 heavy (non-hydrogen) atoms. The van der Waals surface area contributed by atoms with Crippen LogP contribution in [0.25, 0.3) is 11.0 Å². The molecule has 8 nitrogen and oxygen atoms in total. The third kappa shape index (κ3) is 5.27. The van der Waals surface area contributed by atoms with Crippen molar-refractivity contribution in [3.05, 3.63) is 59.9 Å². The number of fused-ring (bicyclic) bond motifs is 1. The average molecular weight is 499 g/mol. The van der Waals surface area contributed by atoms with Crippen molar-refractivity contribution in [1.29, 1.82) is 0 Å². The zero-order chi connectivity index (χ0) is 25.2. The van der Waals surface area contributed by atoms with E-state index < -0.39 is 10.0 Å². The molecule has 2 aromatic carbocycles. The van der Waals surface area contributed by atoms with Gasteiger partial charge in [-0.25, -0.2) is 13.4 Å². The van der Waals surface area contributed by atoms with Crippen molar-refractivity contribution in [3.8, 4) is 0 Å². The molecule has 2 atom stereocenters. The predicted octanol–water partition coefficient (Wildman–Crippen LogP) is 3.53. The van der Waals surface area contributed by atoms with Crippen LogP contribution >= 0.6 is 0 Å². The van der Waals surface area contributed by atoms with Crippen LogP contribution in [-0.4, -0.2) is 65.4 Å². The lowest BCUT2D eigenvalue weighted by atomic mass is 10.1. The van der Waals surface area contributed by atoms with Gasteiger partial charge in [-0.3, -0.25) is 4.79 Å². The smallest absolute Gasteiger partial charge is 0.243 e. The summed E-state index contributed by atoms with van der Waals surface area (Å²) < 4.78 is 35.3. The summed E-state index contributed by atoms with van der Waals surface area (Å²) in [5.74, 6) is 0.824. The van der Waals surface area contributed by atoms with Gasteiger partial charge in [-0.2, -0.15) is 4.31 Å². The molecule has 188 valence electrons. The normalized spacial score (nSPS) is 18.9. The molecule has 1 aliphatic heterocycles. The van der Waals surface area contributed by atoms with Crippen molar-refractivity contribution < 1.29 is 17.9 Å². The maximum atomic E-state index is 13.1.